The first kappa shape index (κ1) is 46.1. The molecule has 3 N–H and O–H groups in total. The van der Waals surface area contributed by atoms with Crippen molar-refractivity contribution in [3.63, 3.8) is 0 Å². The Bertz CT molecular complexity index is 805. The van der Waals surface area contributed by atoms with E-state index in [9.17, 15) is 23.7 Å². The summed E-state index contributed by atoms with van der Waals surface area (Å²) in [5.41, 5.74) is 0. The van der Waals surface area contributed by atoms with Crippen LogP contribution in [-0.4, -0.2) is 53.9 Å². The van der Waals surface area contributed by atoms with Gasteiger partial charge < -0.3 is 15.3 Å². The molecule has 256 valence electrons. The number of allylic oxidation sites excluding steroid dienone is 1. The van der Waals surface area contributed by atoms with Crippen LogP contribution < -0.4 is 34.7 Å². The summed E-state index contributed by atoms with van der Waals surface area (Å²) in [6.07, 6.45) is 24.1. The van der Waals surface area contributed by atoms with Crippen LogP contribution in [0.2, 0.25) is 0 Å². The van der Waals surface area contributed by atoms with Gasteiger partial charge in [0, 0.05) is 0 Å². The average molecular weight is 656 g/mol. The van der Waals surface area contributed by atoms with Crippen molar-refractivity contribution < 1.29 is 62.0 Å². The van der Waals surface area contributed by atoms with E-state index in [0.717, 1.165) is 50.4 Å². The molecule has 3 atom stereocenters. The largest absolute Gasteiger partial charge is 1.00 e. The summed E-state index contributed by atoms with van der Waals surface area (Å²) in [7, 11) is -4.76. The van der Waals surface area contributed by atoms with Gasteiger partial charge in [0.25, 0.3) is 0 Å². The number of unbranched alkanes of at least 4 members (excludes halogenated alkanes) is 16. The van der Waals surface area contributed by atoms with E-state index in [4.69, 9.17) is 4.55 Å². The van der Waals surface area contributed by atoms with E-state index in [0.29, 0.717) is 6.42 Å². The molecule has 0 saturated carbocycles. The van der Waals surface area contributed by atoms with Gasteiger partial charge in [0.2, 0.25) is 0 Å². The quantitative estimate of drug-likeness (QED) is 0.0254. The second-order valence-electron chi connectivity index (χ2n) is 13.1. The fraction of sp³-hybridized carbons (Fsp3) is 0.912. The van der Waals surface area contributed by atoms with Crippen LogP contribution >= 0.6 is 0 Å². The Morgan fingerprint density at radius 1 is 0.705 bits per heavy atom. The van der Waals surface area contributed by atoms with Crippen molar-refractivity contribution in [3.05, 3.63) is 12.2 Å². The Morgan fingerprint density at radius 2 is 1.09 bits per heavy atom. The van der Waals surface area contributed by atoms with E-state index in [1.165, 1.54) is 89.5 Å². The fourth-order valence-corrected chi connectivity index (χ4v) is 5.42. The molecule has 0 aromatic heterocycles. The number of hydrogen-bond donors (Lipinski definition) is 3. The second kappa shape index (κ2) is 30.3. The van der Waals surface area contributed by atoms with Gasteiger partial charge in [0.1, 0.15) is 6.04 Å². The summed E-state index contributed by atoms with van der Waals surface area (Å²) in [5.74, 6) is 0.741. The Hall–Kier alpha value is 0. The van der Waals surface area contributed by atoms with Crippen LogP contribution in [0.1, 0.15) is 163 Å². The predicted octanol–water partition coefficient (Wildman–Crippen LogP) is 4.72. The molecule has 0 bridgehead atoms. The smallest absolute Gasteiger partial charge is 0.860 e. The van der Waals surface area contributed by atoms with Gasteiger partial charge in [-0.25, -0.2) is 4.18 Å². The summed E-state index contributed by atoms with van der Waals surface area (Å²) in [4.78, 5) is 3.84. The molecule has 0 saturated heterocycles. The maximum atomic E-state index is 12.5. The zero-order chi connectivity index (χ0) is 32.3. The first-order valence-corrected chi connectivity index (χ1v) is 18.7. The van der Waals surface area contributed by atoms with Crippen molar-refractivity contribution in [2.75, 3.05) is 6.61 Å². The molecule has 0 aliphatic heterocycles. The monoisotopic (exact) mass is 655 g/mol. The van der Waals surface area contributed by atoms with Gasteiger partial charge in [-0.15, -0.1) is 0 Å². The number of nitrogens with zero attached hydrogens (tertiary/aromatic N) is 1. The first-order chi connectivity index (χ1) is 20.4. The van der Waals surface area contributed by atoms with Crippen molar-refractivity contribution in [2.45, 2.75) is 181 Å². The van der Waals surface area contributed by atoms with Gasteiger partial charge >= 0.3 is 40.0 Å². The first-order valence-electron chi connectivity index (χ1n) is 17.3. The summed E-state index contributed by atoms with van der Waals surface area (Å²) < 4.78 is 35.5. The standard InChI is InChI=1S/C34H67NO7S.Na/c1-29(2)24-20-16-12-8-6-5-7-9-14-18-22-26-32(36)31(28-42-43(39,40)41)35-34(38)33(37)27-23-19-15-11-10-13-17-21-25-30(3)4;/h22,26,29-33,36-37H,5-21,23-25,27-28H2,1-4H3,(H,35,38)(H,39,40,41);/q;+1/p-1/b26-22+;/t31-,32+,33+;/m0./s1. The van der Waals surface area contributed by atoms with Gasteiger partial charge in [0.05, 0.1) is 18.8 Å². The van der Waals surface area contributed by atoms with Crippen LogP contribution in [0.4, 0.5) is 0 Å². The van der Waals surface area contributed by atoms with Gasteiger partial charge in [0.15, 0.2) is 0 Å². The number of rotatable bonds is 30. The van der Waals surface area contributed by atoms with Gasteiger partial charge in [-0.1, -0.05) is 155 Å². The van der Waals surface area contributed by atoms with Gasteiger partial charge in [-0.2, -0.15) is 8.42 Å². The molecule has 44 heavy (non-hydrogen) atoms. The minimum atomic E-state index is -4.76. The molecule has 0 fully saturated rings. The van der Waals surface area contributed by atoms with E-state index in [1.807, 2.05) is 0 Å². The van der Waals surface area contributed by atoms with Crippen molar-refractivity contribution in [1.82, 2.24) is 0 Å². The second-order valence-corrected chi connectivity index (χ2v) is 14.2. The number of aliphatic hydroxyl groups is 2. The maximum Gasteiger partial charge on any atom is 1.00 e. The van der Waals surface area contributed by atoms with Crippen LogP contribution in [-0.2, 0) is 14.6 Å². The molecule has 0 heterocycles. The molecule has 0 rings (SSSR count). The maximum absolute atomic E-state index is 12.5. The van der Waals surface area contributed by atoms with Crippen molar-refractivity contribution in [1.29, 1.82) is 0 Å². The molecular formula is C34H66NNaO7S. The van der Waals surface area contributed by atoms with Gasteiger partial charge in [-0.05, 0) is 37.0 Å². The number of aliphatic imine (C=N–C) groups is 1. The molecule has 0 amide bonds. The minimum absolute atomic E-state index is 0. The van der Waals surface area contributed by atoms with Crippen LogP contribution in [0.25, 0.3) is 0 Å². The third kappa shape index (κ3) is 32.0. The van der Waals surface area contributed by atoms with E-state index >= 15 is 0 Å². The number of aliphatic hydroxyl groups excluding tert-OH is 2. The third-order valence-corrected chi connectivity index (χ3v) is 8.29. The van der Waals surface area contributed by atoms with E-state index in [1.54, 1.807) is 6.08 Å². The third-order valence-electron chi connectivity index (χ3n) is 7.85. The van der Waals surface area contributed by atoms with E-state index in [-0.39, 0.29) is 36.0 Å². The minimum Gasteiger partial charge on any atom is -0.860 e. The van der Waals surface area contributed by atoms with Crippen LogP contribution in [0, 0.1) is 11.8 Å². The molecule has 0 spiro atoms. The predicted molar refractivity (Wildman–Crippen MR) is 177 cm³/mol. The molecule has 8 nitrogen and oxygen atoms in total. The van der Waals surface area contributed by atoms with Crippen LogP contribution in [0.15, 0.2) is 17.1 Å². The topological polar surface area (TPSA) is 139 Å². The van der Waals surface area contributed by atoms with E-state index < -0.39 is 41.2 Å². The number of hydrogen-bond acceptors (Lipinski definition) is 7. The van der Waals surface area contributed by atoms with Crippen LogP contribution in [0.5, 0.6) is 0 Å². The fourth-order valence-electron chi connectivity index (χ4n) is 5.11. The van der Waals surface area contributed by atoms with Crippen LogP contribution in [0.3, 0.4) is 0 Å². The Morgan fingerprint density at radius 3 is 1.50 bits per heavy atom. The molecule has 0 aliphatic rings. The van der Waals surface area contributed by atoms with Gasteiger partial charge in [-0.3, -0.25) is 9.55 Å². The average Bonchev–Trinajstić information content (AvgIpc) is 2.93. The molecule has 0 aromatic rings. The Balaban J connectivity index is 0. The Labute approximate surface area is 293 Å². The normalized spacial score (nSPS) is 14.8. The zero-order valence-electron chi connectivity index (χ0n) is 28.9. The summed E-state index contributed by atoms with van der Waals surface area (Å²) in [6, 6.07) is -1.25. The molecule has 0 aromatic carbocycles. The molecule has 10 heteroatoms. The Kier molecular flexibility index (Phi) is 31.8. The molecule has 0 radical (unpaired) electrons. The SMILES string of the molecule is CC(C)CCCCCCCCCCC/C=C/[C@@H](O)[C@H](COS(=O)(=O)O)N=C([O-])[C@H](O)CCCCCCCCCCC(C)C.[Na+]. The van der Waals surface area contributed by atoms with Crippen molar-refractivity contribution in [2.24, 2.45) is 16.8 Å². The van der Waals surface area contributed by atoms with Crippen molar-refractivity contribution in [3.8, 4) is 0 Å². The summed E-state index contributed by atoms with van der Waals surface area (Å²) in [5, 5.41) is 33.3. The molecular weight excluding hydrogens is 589 g/mol. The van der Waals surface area contributed by atoms with E-state index in [2.05, 4.69) is 36.9 Å². The molecule has 0 aliphatic carbocycles. The van der Waals surface area contributed by atoms with Crippen molar-refractivity contribution >= 4 is 16.3 Å². The summed E-state index contributed by atoms with van der Waals surface area (Å²) in [6.45, 7) is 8.35. The molecule has 0 unspecified atom stereocenters. The summed E-state index contributed by atoms with van der Waals surface area (Å²) >= 11 is 0. The zero-order valence-corrected chi connectivity index (χ0v) is 31.7.